The summed E-state index contributed by atoms with van der Waals surface area (Å²) in [5.74, 6) is 0. The van der Waals surface area contributed by atoms with Gasteiger partial charge in [0.05, 0.1) is 0 Å². The topological polar surface area (TPSA) is 12.4 Å². The van der Waals surface area contributed by atoms with Gasteiger partial charge < -0.3 is 17.8 Å². The van der Waals surface area contributed by atoms with Gasteiger partial charge in [-0.05, 0) is 0 Å². The quantitative estimate of drug-likeness (QED) is 0.222. The van der Waals surface area contributed by atoms with E-state index >= 15 is 0 Å². The number of hydrogen-bond acceptors (Lipinski definition) is 1. The molecule has 0 aliphatic carbocycles. The van der Waals surface area contributed by atoms with Gasteiger partial charge in [-0.25, -0.2) is 0 Å². The Morgan fingerprint density at radius 3 is 1.94 bits per heavy atom. The van der Waals surface area contributed by atoms with E-state index in [4.69, 9.17) is 6.58 Å². The van der Waals surface area contributed by atoms with Crippen LogP contribution in [-0.2, 0) is 0 Å². The largest absolute Gasteiger partial charge is 1.00 e. The molecule has 0 aliphatic rings. The minimum Gasteiger partial charge on any atom is -0.601 e. The molecule has 1 nitrogen and oxygen atoms in total. The second kappa shape index (κ2) is 17.8. The maximum Gasteiger partial charge on any atom is 1.00 e. The third-order valence-corrected chi connectivity index (χ3v) is 2.56. The zero-order valence-corrected chi connectivity index (χ0v) is 13.2. The van der Waals surface area contributed by atoms with Crippen LogP contribution >= 0.6 is 0 Å². The standard InChI is InChI=1S/C14H25N.Na/c1-3-5-6-7-8-9-10-11-12-13-14-15-4-2;/h2,4H,3,5-13H2,1H3;/q-2;+1. The Labute approximate surface area is 124 Å². The van der Waals surface area contributed by atoms with Gasteiger partial charge in [0, 0.05) is 0 Å². The molecule has 0 rings (SSSR count). The summed E-state index contributed by atoms with van der Waals surface area (Å²) < 4.78 is 0. The summed E-state index contributed by atoms with van der Waals surface area (Å²) >= 11 is 0. The molecule has 0 saturated heterocycles. The molecule has 0 aromatic heterocycles. The monoisotopic (exact) mass is 230 g/mol. The molecule has 0 aromatic rings. The molecule has 88 valence electrons. The molecule has 0 amide bonds. The van der Waals surface area contributed by atoms with E-state index in [9.17, 15) is 0 Å². The van der Waals surface area contributed by atoms with Crippen molar-refractivity contribution in [3.8, 4) is 0 Å². The van der Waals surface area contributed by atoms with Gasteiger partial charge in [0.1, 0.15) is 0 Å². The second-order valence-electron chi connectivity index (χ2n) is 4.01. The molecule has 0 N–H and O–H groups in total. The first-order chi connectivity index (χ1) is 7.41. The van der Waals surface area contributed by atoms with Gasteiger partial charge >= 0.3 is 29.6 Å². The van der Waals surface area contributed by atoms with Crippen LogP contribution in [0.4, 0.5) is 0 Å². The van der Waals surface area contributed by atoms with Crippen molar-refractivity contribution in [2.75, 3.05) is 0 Å². The molecule has 0 bridgehead atoms. The van der Waals surface area contributed by atoms with Gasteiger partial charge in [0.2, 0.25) is 0 Å². The van der Waals surface area contributed by atoms with Crippen molar-refractivity contribution in [1.29, 1.82) is 0 Å². The fourth-order valence-electron chi connectivity index (χ4n) is 1.63. The molecule has 0 spiro atoms. The molecule has 0 heterocycles. The van der Waals surface area contributed by atoms with Gasteiger partial charge in [-0.2, -0.15) is 6.21 Å². The molecule has 0 fully saturated rings. The van der Waals surface area contributed by atoms with Crippen LogP contribution in [0.5, 0.6) is 0 Å². The van der Waals surface area contributed by atoms with E-state index in [0.717, 1.165) is 6.42 Å². The molecule has 0 unspecified atom stereocenters. The Bertz CT molecular complexity index is 155. The first-order valence-corrected chi connectivity index (χ1v) is 6.38. The minimum atomic E-state index is 0. The molecule has 16 heavy (non-hydrogen) atoms. The van der Waals surface area contributed by atoms with Crippen molar-refractivity contribution in [1.82, 2.24) is 0 Å². The van der Waals surface area contributed by atoms with Crippen molar-refractivity contribution in [3.05, 3.63) is 12.8 Å². The van der Waals surface area contributed by atoms with Gasteiger partial charge in [-0.3, -0.25) is 0 Å². The molecule has 2 heteroatoms. The van der Waals surface area contributed by atoms with Crippen LogP contribution < -0.4 is 29.6 Å². The van der Waals surface area contributed by atoms with Crippen LogP contribution in [-0.4, -0.2) is 6.21 Å². The number of nitrogens with zero attached hydrogens (tertiary/aromatic N) is 1. The summed E-state index contributed by atoms with van der Waals surface area (Å²) in [6, 6.07) is 0. The molecule has 0 aromatic carbocycles. The molecule has 0 aliphatic heterocycles. The van der Waals surface area contributed by atoms with Crippen molar-refractivity contribution >= 4 is 6.21 Å². The van der Waals surface area contributed by atoms with Crippen molar-refractivity contribution < 1.29 is 29.6 Å². The van der Waals surface area contributed by atoms with E-state index in [1.807, 2.05) is 0 Å². The summed E-state index contributed by atoms with van der Waals surface area (Å²) in [6.45, 7) is 7.36. The number of hydrogen-bond donors (Lipinski definition) is 0. The van der Waals surface area contributed by atoms with Crippen LogP contribution in [0.2, 0.25) is 0 Å². The van der Waals surface area contributed by atoms with Crippen LogP contribution in [0, 0.1) is 6.58 Å². The van der Waals surface area contributed by atoms with E-state index < -0.39 is 0 Å². The molecule has 0 saturated carbocycles. The van der Waals surface area contributed by atoms with Crippen LogP contribution in [0.1, 0.15) is 71.1 Å². The second-order valence-corrected chi connectivity index (χ2v) is 4.01. The van der Waals surface area contributed by atoms with E-state index in [2.05, 4.69) is 18.1 Å². The van der Waals surface area contributed by atoms with E-state index in [1.54, 1.807) is 0 Å². The zero-order valence-electron chi connectivity index (χ0n) is 11.2. The first kappa shape index (κ1) is 18.8. The molecular weight excluding hydrogens is 205 g/mol. The van der Waals surface area contributed by atoms with Crippen molar-refractivity contribution in [3.63, 3.8) is 0 Å². The van der Waals surface area contributed by atoms with Gasteiger partial charge in [-0.1, -0.05) is 71.1 Å². The van der Waals surface area contributed by atoms with E-state index in [0.29, 0.717) is 0 Å². The molecular formula is C14H25NNa-. The Morgan fingerprint density at radius 2 is 1.44 bits per heavy atom. The van der Waals surface area contributed by atoms with Gasteiger partial charge in [0.15, 0.2) is 0 Å². The predicted molar refractivity (Wildman–Crippen MR) is 68.1 cm³/mol. The minimum absolute atomic E-state index is 0. The summed E-state index contributed by atoms with van der Waals surface area (Å²) in [4.78, 5) is 3.74. The summed E-state index contributed by atoms with van der Waals surface area (Å²) in [6.07, 6.45) is 17.4. The normalized spacial score (nSPS) is 10.3. The molecule has 0 radical (unpaired) electrons. The summed E-state index contributed by atoms with van der Waals surface area (Å²) in [7, 11) is 0. The average molecular weight is 230 g/mol. The van der Waals surface area contributed by atoms with Gasteiger partial charge in [0.25, 0.3) is 0 Å². The average Bonchev–Trinajstić information content (AvgIpc) is 2.26. The smallest absolute Gasteiger partial charge is 0.601 e. The summed E-state index contributed by atoms with van der Waals surface area (Å²) in [5.41, 5.74) is 0. The van der Waals surface area contributed by atoms with Crippen molar-refractivity contribution in [2.24, 2.45) is 4.99 Å². The van der Waals surface area contributed by atoms with Crippen LogP contribution in [0.15, 0.2) is 11.2 Å². The number of rotatable bonds is 11. The number of unbranched alkanes of at least 4 members (excludes halogenated alkanes) is 9. The third-order valence-electron chi connectivity index (χ3n) is 2.56. The maximum atomic E-state index is 5.09. The van der Waals surface area contributed by atoms with Gasteiger partial charge in [-0.15, -0.1) is 0 Å². The number of aliphatic imine (C=N–C) groups is 1. The zero-order chi connectivity index (χ0) is 11.2. The van der Waals surface area contributed by atoms with E-state index in [1.165, 1.54) is 64.0 Å². The Hall–Kier alpha value is 0.410. The fraction of sp³-hybridized carbons (Fsp3) is 0.786. The Balaban J connectivity index is 0. The molecule has 0 atom stereocenters. The first-order valence-electron chi connectivity index (χ1n) is 6.38. The van der Waals surface area contributed by atoms with E-state index in [-0.39, 0.29) is 29.6 Å². The Kier molecular flexibility index (Phi) is 20.9. The van der Waals surface area contributed by atoms with Crippen molar-refractivity contribution in [2.45, 2.75) is 71.1 Å². The summed E-state index contributed by atoms with van der Waals surface area (Å²) in [5, 5.41) is 0. The fourth-order valence-corrected chi connectivity index (χ4v) is 1.63. The van der Waals surface area contributed by atoms with Crippen LogP contribution in [0.25, 0.3) is 0 Å². The Morgan fingerprint density at radius 1 is 0.938 bits per heavy atom. The maximum absolute atomic E-state index is 5.09. The van der Waals surface area contributed by atoms with Crippen LogP contribution in [0.3, 0.4) is 0 Å². The third kappa shape index (κ3) is 16.8. The SMILES string of the molecule is [CH-]=CN=[C-]CCCCCCCCCCC.[Na+]. The predicted octanol–water partition coefficient (Wildman–Crippen LogP) is 1.81.